The predicted molar refractivity (Wildman–Crippen MR) is 99.2 cm³/mol. The first-order valence-electron chi connectivity index (χ1n) is 8.18. The fourth-order valence-corrected chi connectivity index (χ4v) is 2.20. The van der Waals surface area contributed by atoms with E-state index in [0.717, 1.165) is 6.42 Å². The van der Waals surface area contributed by atoms with Gasteiger partial charge in [0, 0.05) is 29.5 Å². The van der Waals surface area contributed by atoms with Crippen LogP contribution in [0.1, 0.15) is 23.7 Å². The quantitative estimate of drug-likeness (QED) is 0.690. The maximum Gasteiger partial charge on any atom is 0.251 e. The van der Waals surface area contributed by atoms with Crippen molar-refractivity contribution in [2.75, 3.05) is 30.8 Å². The molecule has 0 heterocycles. The molecule has 0 saturated heterocycles. The minimum atomic E-state index is -0.186. The molecule has 6 heteroatoms. The molecule has 0 bridgehead atoms. The Morgan fingerprint density at radius 2 is 1.80 bits per heavy atom. The van der Waals surface area contributed by atoms with E-state index in [9.17, 15) is 9.59 Å². The highest BCUT2D eigenvalue weighted by atomic mass is 16.5. The molecule has 2 amide bonds. The first kappa shape index (κ1) is 18.3. The monoisotopic (exact) mass is 341 g/mol. The van der Waals surface area contributed by atoms with Crippen molar-refractivity contribution in [3.63, 3.8) is 0 Å². The van der Waals surface area contributed by atoms with Crippen LogP contribution in [0.3, 0.4) is 0 Å². The van der Waals surface area contributed by atoms with Crippen LogP contribution in [0.5, 0.6) is 5.75 Å². The third-order valence-electron chi connectivity index (χ3n) is 3.47. The fourth-order valence-electron chi connectivity index (χ4n) is 2.20. The van der Waals surface area contributed by atoms with E-state index in [1.54, 1.807) is 43.5 Å². The molecule has 0 unspecified atom stereocenters. The molecule has 0 fully saturated rings. The smallest absolute Gasteiger partial charge is 0.251 e. The number of carbonyl (C=O) groups is 2. The standard InChI is InChI=1S/C19H23N3O3/c1-3-10-20-19(24)14-6-4-7-15(11-14)21-13-18(23)22-16-8-5-9-17(12-16)25-2/h4-9,11-12,21H,3,10,13H2,1-2H3,(H,20,24)(H,22,23). The summed E-state index contributed by atoms with van der Waals surface area (Å²) in [5.41, 5.74) is 1.94. The Kier molecular flexibility index (Phi) is 6.83. The lowest BCUT2D eigenvalue weighted by Gasteiger charge is -2.10. The molecule has 2 rings (SSSR count). The van der Waals surface area contributed by atoms with Gasteiger partial charge >= 0.3 is 0 Å². The van der Waals surface area contributed by atoms with E-state index in [1.807, 2.05) is 19.1 Å². The van der Waals surface area contributed by atoms with E-state index in [4.69, 9.17) is 4.74 Å². The molecule has 2 aromatic carbocycles. The molecule has 3 N–H and O–H groups in total. The second-order valence-electron chi connectivity index (χ2n) is 5.47. The third-order valence-corrected chi connectivity index (χ3v) is 3.47. The average Bonchev–Trinajstić information content (AvgIpc) is 2.64. The summed E-state index contributed by atoms with van der Waals surface area (Å²) < 4.78 is 5.12. The van der Waals surface area contributed by atoms with Crippen molar-refractivity contribution in [1.29, 1.82) is 0 Å². The topological polar surface area (TPSA) is 79.5 Å². The van der Waals surface area contributed by atoms with Crippen LogP contribution in [0.15, 0.2) is 48.5 Å². The first-order chi connectivity index (χ1) is 12.1. The summed E-state index contributed by atoms with van der Waals surface area (Å²) >= 11 is 0. The molecule has 0 atom stereocenters. The van der Waals surface area contributed by atoms with Gasteiger partial charge in [-0.05, 0) is 36.8 Å². The minimum Gasteiger partial charge on any atom is -0.497 e. The van der Waals surface area contributed by atoms with Gasteiger partial charge in [-0.25, -0.2) is 0 Å². The normalized spacial score (nSPS) is 10.0. The van der Waals surface area contributed by atoms with Gasteiger partial charge in [0.15, 0.2) is 0 Å². The molecular formula is C19H23N3O3. The number of amides is 2. The maximum atomic E-state index is 12.1. The lowest BCUT2D eigenvalue weighted by atomic mass is 10.2. The van der Waals surface area contributed by atoms with Crippen molar-refractivity contribution in [1.82, 2.24) is 5.32 Å². The summed E-state index contributed by atoms with van der Waals surface area (Å²) in [6, 6.07) is 14.2. The van der Waals surface area contributed by atoms with Crippen LogP contribution in [0.25, 0.3) is 0 Å². The van der Waals surface area contributed by atoms with Crippen LogP contribution in [0.2, 0.25) is 0 Å². The number of benzene rings is 2. The van der Waals surface area contributed by atoms with Gasteiger partial charge in [0.25, 0.3) is 5.91 Å². The number of hydrogen-bond acceptors (Lipinski definition) is 4. The van der Waals surface area contributed by atoms with Crippen LogP contribution in [0.4, 0.5) is 11.4 Å². The second kappa shape index (κ2) is 9.32. The van der Waals surface area contributed by atoms with E-state index < -0.39 is 0 Å². The first-order valence-corrected chi connectivity index (χ1v) is 8.18. The summed E-state index contributed by atoms with van der Waals surface area (Å²) in [7, 11) is 1.58. The molecule has 6 nitrogen and oxygen atoms in total. The molecule has 0 radical (unpaired) electrons. The number of carbonyl (C=O) groups excluding carboxylic acids is 2. The van der Waals surface area contributed by atoms with Crippen LogP contribution in [0, 0.1) is 0 Å². The highest BCUT2D eigenvalue weighted by Gasteiger charge is 2.07. The molecule has 2 aromatic rings. The van der Waals surface area contributed by atoms with E-state index in [1.165, 1.54) is 0 Å². The Hall–Kier alpha value is -3.02. The zero-order valence-corrected chi connectivity index (χ0v) is 14.5. The van der Waals surface area contributed by atoms with Crippen molar-refractivity contribution in [3.05, 3.63) is 54.1 Å². The number of ether oxygens (including phenoxy) is 1. The third kappa shape index (κ3) is 5.84. The van der Waals surface area contributed by atoms with Gasteiger partial charge < -0.3 is 20.7 Å². The summed E-state index contributed by atoms with van der Waals surface area (Å²) in [4.78, 5) is 24.0. The Labute approximate surface area is 147 Å². The minimum absolute atomic E-state index is 0.0945. The second-order valence-corrected chi connectivity index (χ2v) is 5.47. The zero-order valence-electron chi connectivity index (χ0n) is 14.5. The van der Waals surface area contributed by atoms with E-state index in [2.05, 4.69) is 16.0 Å². The summed E-state index contributed by atoms with van der Waals surface area (Å²) in [5, 5.41) is 8.64. The molecule has 0 saturated carbocycles. The molecule has 0 aliphatic rings. The van der Waals surface area contributed by atoms with Crippen molar-refractivity contribution < 1.29 is 14.3 Å². The van der Waals surface area contributed by atoms with Crippen molar-refractivity contribution >= 4 is 23.2 Å². The number of anilines is 2. The maximum absolute atomic E-state index is 12.1. The zero-order chi connectivity index (χ0) is 18.1. The number of hydrogen-bond donors (Lipinski definition) is 3. The van der Waals surface area contributed by atoms with E-state index in [0.29, 0.717) is 29.2 Å². The lowest BCUT2D eigenvalue weighted by molar-refractivity contribution is -0.114. The van der Waals surface area contributed by atoms with Crippen molar-refractivity contribution in [2.45, 2.75) is 13.3 Å². The summed E-state index contributed by atoms with van der Waals surface area (Å²) in [5.74, 6) is 0.372. The van der Waals surface area contributed by atoms with Crippen LogP contribution in [-0.4, -0.2) is 32.0 Å². The van der Waals surface area contributed by atoms with Crippen molar-refractivity contribution in [2.24, 2.45) is 0 Å². The van der Waals surface area contributed by atoms with Gasteiger partial charge in [0.2, 0.25) is 5.91 Å². The SMILES string of the molecule is CCCNC(=O)c1cccc(NCC(=O)Nc2cccc(OC)c2)c1. The largest absolute Gasteiger partial charge is 0.497 e. The average molecular weight is 341 g/mol. The Morgan fingerprint density at radius 3 is 2.56 bits per heavy atom. The van der Waals surface area contributed by atoms with Gasteiger partial charge in [-0.2, -0.15) is 0 Å². The molecule has 25 heavy (non-hydrogen) atoms. The number of rotatable bonds is 8. The number of nitrogens with one attached hydrogen (secondary N) is 3. The van der Waals surface area contributed by atoms with Gasteiger partial charge in [-0.1, -0.05) is 19.1 Å². The van der Waals surface area contributed by atoms with Crippen LogP contribution >= 0.6 is 0 Å². The molecule has 0 aliphatic carbocycles. The summed E-state index contributed by atoms with van der Waals surface area (Å²) in [6.45, 7) is 2.73. The van der Waals surface area contributed by atoms with E-state index in [-0.39, 0.29) is 18.4 Å². The molecule has 0 aromatic heterocycles. The molecule has 0 spiro atoms. The molecule has 132 valence electrons. The van der Waals surface area contributed by atoms with Gasteiger partial charge in [-0.15, -0.1) is 0 Å². The highest BCUT2D eigenvalue weighted by Crippen LogP contribution is 2.16. The Bertz CT molecular complexity index is 731. The summed E-state index contributed by atoms with van der Waals surface area (Å²) in [6.07, 6.45) is 0.883. The van der Waals surface area contributed by atoms with Gasteiger partial charge in [0.05, 0.1) is 13.7 Å². The molecule has 0 aliphatic heterocycles. The number of methoxy groups -OCH3 is 1. The van der Waals surface area contributed by atoms with Crippen molar-refractivity contribution in [3.8, 4) is 5.75 Å². The van der Waals surface area contributed by atoms with E-state index >= 15 is 0 Å². The van der Waals surface area contributed by atoms with Crippen LogP contribution in [-0.2, 0) is 4.79 Å². The Balaban J connectivity index is 1.89. The van der Waals surface area contributed by atoms with Gasteiger partial charge in [0.1, 0.15) is 5.75 Å². The Morgan fingerprint density at radius 1 is 1.04 bits per heavy atom. The molecular weight excluding hydrogens is 318 g/mol. The lowest BCUT2D eigenvalue weighted by Crippen LogP contribution is -2.24. The fraction of sp³-hybridized carbons (Fsp3) is 0.263. The van der Waals surface area contributed by atoms with Gasteiger partial charge in [-0.3, -0.25) is 9.59 Å². The highest BCUT2D eigenvalue weighted by molar-refractivity contribution is 5.96. The van der Waals surface area contributed by atoms with Crippen LogP contribution < -0.4 is 20.7 Å². The predicted octanol–water partition coefficient (Wildman–Crippen LogP) is 2.89.